The molecule has 0 aromatic heterocycles. The van der Waals surface area contributed by atoms with Crippen LogP contribution in [0.2, 0.25) is 0 Å². The second-order valence-corrected chi connectivity index (χ2v) is 5.98. The molecule has 22 heavy (non-hydrogen) atoms. The minimum absolute atomic E-state index is 0.0977. The first kappa shape index (κ1) is 16.5. The topological polar surface area (TPSA) is 61.4 Å². The highest BCUT2D eigenvalue weighted by Gasteiger charge is 2.26. The normalized spacial score (nSPS) is 16.0. The molecule has 0 bridgehead atoms. The molecule has 1 fully saturated rings. The SMILES string of the molecule is CCc1ccc([C@H](NCC(=O)N2CCNC2=O)C(C)C)cc1. The van der Waals surface area contributed by atoms with E-state index in [0.29, 0.717) is 19.0 Å². The maximum atomic E-state index is 12.1. The Hall–Kier alpha value is -1.88. The number of nitrogens with zero attached hydrogens (tertiary/aromatic N) is 1. The van der Waals surface area contributed by atoms with Gasteiger partial charge < -0.3 is 10.6 Å². The van der Waals surface area contributed by atoms with Gasteiger partial charge in [-0.1, -0.05) is 45.0 Å². The lowest BCUT2D eigenvalue weighted by atomic mass is 9.95. The molecular weight excluding hydrogens is 278 g/mol. The molecule has 0 radical (unpaired) electrons. The Kier molecular flexibility index (Phi) is 5.55. The van der Waals surface area contributed by atoms with Crippen molar-refractivity contribution in [1.82, 2.24) is 15.5 Å². The number of amides is 3. The summed E-state index contributed by atoms with van der Waals surface area (Å²) in [6.45, 7) is 7.54. The molecule has 1 aliphatic heterocycles. The number of carbonyl (C=O) groups is 2. The van der Waals surface area contributed by atoms with E-state index in [4.69, 9.17) is 0 Å². The summed E-state index contributed by atoms with van der Waals surface area (Å²) in [4.78, 5) is 24.9. The molecule has 120 valence electrons. The minimum Gasteiger partial charge on any atom is -0.336 e. The van der Waals surface area contributed by atoms with Gasteiger partial charge >= 0.3 is 6.03 Å². The zero-order valence-electron chi connectivity index (χ0n) is 13.6. The van der Waals surface area contributed by atoms with E-state index in [-0.39, 0.29) is 24.5 Å². The molecule has 1 saturated heterocycles. The molecule has 2 rings (SSSR count). The lowest BCUT2D eigenvalue weighted by Crippen LogP contribution is -2.41. The molecule has 1 aromatic rings. The minimum atomic E-state index is -0.291. The van der Waals surface area contributed by atoms with E-state index in [1.54, 1.807) is 0 Å². The second kappa shape index (κ2) is 7.40. The molecule has 0 spiro atoms. The standard InChI is InChI=1S/C17H25N3O2/c1-4-13-5-7-14(8-6-13)16(12(2)3)19-11-15(21)20-10-9-18-17(20)22/h5-8,12,16,19H,4,9-11H2,1-3H3,(H,18,22)/t16-/m1/s1. The summed E-state index contributed by atoms with van der Waals surface area (Å²) in [6, 6.07) is 8.29. The summed E-state index contributed by atoms with van der Waals surface area (Å²) in [7, 11) is 0. The molecule has 5 nitrogen and oxygen atoms in total. The summed E-state index contributed by atoms with van der Waals surface area (Å²) in [5.41, 5.74) is 2.47. The van der Waals surface area contributed by atoms with Crippen LogP contribution in [0.5, 0.6) is 0 Å². The maximum Gasteiger partial charge on any atom is 0.324 e. The van der Waals surface area contributed by atoms with Gasteiger partial charge in [0.2, 0.25) is 5.91 Å². The van der Waals surface area contributed by atoms with Crippen molar-refractivity contribution in [1.29, 1.82) is 0 Å². The molecule has 3 amide bonds. The Morgan fingerprint density at radius 1 is 1.32 bits per heavy atom. The number of rotatable bonds is 6. The van der Waals surface area contributed by atoms with Crippen LogP contribution in [0.15, 0.2) is 24.3 Å². The smallest absolute Gasteiger partial charge is 0.324 e. The zero-order valence-corrected chi connectivity index (χ0v) is 13.6. The average Bonchev–Trinajstić information content (AvgIpc) is 2.94. The molecule has 0 saturated carbocycles. The summed E-state index contributed by atoms with van der Waals surface area (Å²) in [5.74, 6) is 0.179. The molecule has 5 heteroatoms. The molecule has 1 aliphatic rings. The van der Waals surface area contributed by atoms with E-state index >= 15 is 0 Å². The van der Waals surface area contributed by atoms with Gasteiger partial charge in [0.1, 0.15) is 0 Å². The van der Waals surface area contributed by atoms with E-state index in [9.17, 15) is 9.59 Å². The third-order valence-electron chi connectivity index (χ3n) is 4.04. The van der Waals surface area contributed by atoms with Crippen molar-refractivity contribution >= 4 is 11.9 Å². The van der Waals surface area contributed by atoms with E-state index in [2.05, 4.69) is 55.7 Å². The van der Waals surface area contributed by atoms with Gasteiger partial charge in [-0.25, -0.2) is 4.79 Å². The van der Waals surface area contributed by atoms with Gasteiger partial charge in [-0.05, 0) is 23.5 Å². The van der Waals surface area contributed by atoms with E-state index in [1.165, 1.54) is 16.0 Å². The van der Waals surface area contributed by atoms with Crippen LogP contribution in [0.25, 0.3) is 0 Å². The van der Waals surface area contributed by atoms with Crippen LogP contribution in [-0.4, -0.2) is 36.5 Å². The average molecular weight is 303 g/mol. The highest BCUT2D eigenvalue weighted by molar-refractivity contribution is 5.96. The second-order valence-electron chi connectivity index (χ2n) is 5.98. The van der Waals surface area contributed by atoms with Gasteiger partial charge in [-0.15, -0.1) is 0 Å². The summed E-state index contributed by atoms with van der Waals surface area (Å²) >= 11 is 0. The highest BCUT2D eigenvalue weighted by atomic mass is 16.2. The van der Waals surface area contributed by atoms with Crippen molar-refractivity contribution in [3.8, 4) is 0 Å². The van der Waals surface area contributed by atoms with Gasteiger partial charge in [0.25, 0.3) is 0 Å². The van der Waals surface area contributed by atoms with Gasteiger partial charge in [-0.3, -0.25) is 9.69 Å². The van der Waals surface area contributed by atoms with Crippen LogP contribution in [0.4, 0.5) is 4.79 Å². The Morgan fingerprint density at radius 3 is 2.50 bits per heavy atom. The van der Waals surface area contributed by atoms with Crippen LogP contribution in [0, 0.1) is 5.92 Å². The molecule has 1 heterocycles. The fourth-order valence-corrected chi connectivity index (χ4v) is 2.70. The highest BCUT2D eigenvalue weighted by Crippen LogP contribution is 2.22. The third-order valence-corrected chi connectivity index (χ3v) is 4.04. The summed E-state index contributed by atoms with van der Waals surface area (Å²) in [6.07, 6.45) is 1.02. The van der Waals surface area contributed by atoms with Crippen molar-refractivity contribution in [3.05, 3.63) is 35.4 Å². The number of aryl methyl sites for hydroxylation is 1. The lowest BCUT2D eigenvalue weighted by molar-refractivity contribution is -0.126. The summed E-state index contributed by atoms with van der Waals surface area (Å²) in [5, 5.41) is 5.94. The molecular formula is C17H25N3O2. The predicted octanol–water partition coefficient (Wildman–Crippen LogP) is 2.09. The summed E-state index contributed by atoms with van der Waals surface area (Å²) < 4.78 is 0. The number of carbonyl (C=O) groups excluding carboxylic acids is 2. The first-order valence-corrected chi connectivity index (χ1v) is 7.93. The first-order valence-electron chi connectivity index (χ1n) is 7.93. The van der Waals surface area contributed by atoms with E-state index < -0.39 is 0 Å². The quantitative estimate of drug-likeness (QED) is 0.846. The fourth-order valence-electron chi connectivity index (χ4n) is 2.70. The van der Waals surface area contributed by atoms with Crippen molar-refractivity contribution in [2.75, 3.05) is 19.6 Å². The van der Waals surface area contributed by atoms with Crippen molar-refractivity contribution in [3.63, 3.8) is 0 Å². The van der Waals surface area contributed by atoms with E-state index in [0.717, 1.165) is 6.42 Å². The molecule has 1 aromatic carbocycles. The van der Waals surface area contributed by atoms with Gasteiger partial charge in [-0.2, -0.15) is 0 Å². The van der Waals surface area contributed by atoms with Gasteiger partial charge in [0, 0.05) is 19.1 Å². The molecule has 0 unspecified atom stereocenters. The number of urea groups is 1. The number of nitrogens with one attached hydrogen (secondary N) is 2. The molecule has 2 N–H and O–H groups in total. The zero-order chi connectivity index (χ0) is 16.1. The van der Waals surface area contributed by atoms with Crippen LogP contribution in [0.3, 0.4) is 0 Å². The van der Waals surface area contributed by atoms with Crippen molar-refractivity contribution < 1.29 is 9.59 Å². The predicted molar refractivity (Wildman–Crippen MR) is 86.5 cm³/mol. The van der Waals surface area contributed by atoms with Crippen molar-refractivity contribution in [2.45, 2.75) is 33.2 Å². The molecule has 1 atom stereocenters. The van der Waals surface area contributed by atoms with Crippen molar-refractivity contribution in [2.24, 2.45) is 5.92 Å². The van der Waals surface area contributed by atoms with Crippen LogP contribution in [0.1, 0.15) is 37.9 Å². The monoisotopic (exact) mass is 303 g/mol. The Morgan fingerprint density at radius 2 is 2.00 bits per heavy atom. The maximum absolute atomic E-state index is 12.1. The van der Waals surface area contributed by atoms with Gasteiger partial charge in [0.05, 0.1) is 6.54 Å². The number of benzene rings is 1. The Balaban J connectivity index is 1.99. The largest absolute Gasteiger partial charge is 0.336 e. The molecule has 0 aliphatic carbocycles. The van der Waals surface area contributed by atoms with E-state index in [1.807, 2.05) is 0 Å². The third kappa shape index (κ3) is 3.85. The Bertz CT molecular complexity index is 525. The first-order chi connectivity index (χ1) is 10.5. The Labute approximate surface area is 132 Å². The number of hydrogen-bond donors (Lipinski definition) is 2. The van der Waals surface area contributed by atoms with Crippen LogP contribution < -0.4 is 10.6 Å². The number of imide groups is 1. The van der Waals surface area contributed by atoms with Gasteiger partial charge in [0.15, 0.2) is 0 Å². The lowest BCUT2D eigenvalue weighted by Gasteiger charge is -2.24. The van der Waals surface area contributed by atoms with Crippen LogP contribution in [-0.2, 0) is 11.2 Å². The number of hydrogen-bond acceptors (Lipinski definition) is 3. The fraction of sp³-hybridized carbons (Fsp3) is 0.529. The van der Waals surface area contributed by atoms with Crippen LogP contribution >= 0.6 is 0 Å².